The quantitative estimate of drug-likeness (QED) is 0.769. The van der Waals surface area contributed by atoms with Crippen LogP contribution in [0.4, 0.5) is 0 Å². The van der Waals surface area contributed by atoms with E-state index in [0.717, 1.165) is 32.5 Å². The maximum absolute atomic E-state index is 12.7. The third-order valence-corrected chi connectivity index (χ3v) is 4.43. The number of nitrogens with one attached hydrogen (secondary N) is 1. The molecule has 3 aliphatic rings. The van der Waals surface area contributed by atoms with Crippen LogP contribution in [-0.2, 0) is 14.3 Å². The summed E-state index contributed by atoms with van der Waals surface area (Å²) in [6.07, 6.45) is 7.37. The van der Waals surface area contributed by atoms with Gasteiger partial charge in [0, 0.05) is 19.6 Å². The summed E-state index contributed by atoms with van der Waals surface area (Å²) in [5.41, 5.74) is -0.00473. The minimum Gasteiger partial charge on any atom is -0.494 e. The minimum absolute atomic E-state index is 0.00287. The van der Waals surface area contributed by atoms with Gasteiger partial charge in [-0.1, -0.05) is 19.3 Å². The number of ether oxygens (including phenoxy) is 2. The topological polar surface area (TPSA) is 50.8 Å². The number of hydrogen-bond donors (Lipinski definition) is 1. The van der Waals surface area contributed by atoms with Crippen molar-refractivity contribution in [1.82, 2.24) is 10.2 Å². The second-order valence-corrected chi connectivity index (χ2v) is 5.62. The zero-order chi connectivity index (χ0) is 13.1. The van der Waals surface area contributed by atoms with E-state index in [1.165, 1.54) is 25.5 Å². The lowest BCUT2D eigenvalue weighted by molar-refractivity contribution is -0.141. The molecule has 19 heavy (non-hydrogen) atoms. The fraction of sp³-hybridized carbons (Fsp3) is 0.786. The summed E-state index contributed by atoms with van der Waals surface area (Å²) in [6.45, 7) is 3.54. The molecule has 5 nitrogen and oxygen atoms in total. The molecule has 1 spiro atoms. The molecule has 0 unspecified atom stereocenters. The molecule has 2 heterocycles. The third-order valence-electron chi connectivity index (χ3n) is 4.43. The van der Waals surface area contributed by atoms with Crippen molar-refractivity contribution in [3.05, 3.63) is 12.0 Å². The fourth-order valence-electron chi connectivity index (χ4n) is 3.43. The second kappa shape index (κ2) is 5.41. The van der Waals surface area contributed by atoms with Gasteiger partial charge in [-0.3, -0.25) is 4.79 Å². The lowest BCUT2D eigenvalue weighted by atomic mass is 9.79. The first-order chi connectivity index (χ1) is 9.32. The summed E-state index contributed by atoms with van der Waals surface area (Å²) < 4.78 is 10.7. The van der Waals surface area contributed by atoms with Gasteiger partial charge in [-0.2, -0.15) is 0 Å². The molecule has 0 bridgehead atoms. The van der Waals surface area contributed by atoms with Crippen LogP contribution in [0.3, 0.4) is 0 Å². The largest absolute Gasteiger partial charge is 0.494 e. The van der Waals surface area contributed by atoms with E-state index in [1.54, 1.807) is 0 Å². The first-order valence-electron chi connectivity index (χ1n) is 7.29. The first kappa shape index (κ1) is 12.8. The van der Waals surface area contributed by atoms with Gasteiger partial charge >= 0.3 is 0 Å². The highest BCUT2D eigenvalue weighted by molar-refractivity contribution is 5.92. The Morgan fingerprint density at radius 2 is 2.11 bits per heavy atom. The number of carbonyl (C=O) groups is 1. The van der Waals surface area contributed by atoms with Gasteiger partial charge in [0.2, 0.25) is 5.76 Å². The Hall–Kier alpha value is -1.23. The van der Waals surface area contributed by atoms with Crippen LogP contribution in [0.25, 0.3) is 0 Å². The molecule has 1 N–H and O–H groups in total. The molecular formula is C14H22N2O3. The lowest BCUT2D eigenvalue weighted by Crippen LogP contribution is -2.64. The van der Waals surface area contributed by atoms with Crippen LogP contribution in [0, 0.1) is 0 Å². The van der Waals surface area contributed by atoms with Gasteiger partial charge in [0.15, 0.2) is 0 Å². The van der Waals surface area contributed by atoms with Crippen LogP contribution < -0.4 is 5.32 Å². The summed E-state index contributed by atoms with van der Waals surface area (Å²) in [6, 6.07) is 0. The Balaban J connectivity index is 1.79. The van der Waals surface area contributed by atoms with E-state index in [4.69, 9.17) is 9.47 Å². The predicted octanol–water partition coefficient (Wildman–Crippen LogP) is 1.01. The van der Waals surface area contributed by atoms with Crippen LogP contribution in [0.15, 0.2) is 12.0 Å². The Morgan fingerprint density at radius 3 is 2.84 bits per heavy atom. The molecule has 1 saturated heterocycles. The molecule has 1 saturated carbocycles. The highest BCUT2D eigenvalue weighted by Crippen LogP contribution is 2.35. The van der Waals surface area contributed by atoms with E-state index in [2.05, 4.69) is 5.32 Å². The predicted molar refractivity (Wildman–Crippen MR) is 70.4 cm³/mol. The zero-order valence-corrected chi connectivity index (χ0v) is 11.3. The van der Waals surface area contributed by atoms with Crippen molar-refractivity contribution in [2.75, 3.05) is 32.8 Å². The molecule has 106 valence electrons. The number of amides is 1. The number of hydrogen-bond acceptors (Lipinski definition) is 4. The summed E-state index contributed by atoms with van der Waals surface area (Å²) in [7, 11) is 0. The van der Waals surface area contributed by atoms with Crippen molar-refractivity contribution in [3.8, 4) is 0 Å². The standard InChI is InChI=1S/C14H22N2O3/c17-13(12-10-18-8-9-19-12)16-7-6-15-11-14(16)4-2-1-3-5-14/h10,15H,1-9,11H2. The van der Waals surface area contributed by atoms with Crippen LogP contribution >= 0.6 is 0 Å². The number of rotatable bonds is 1. The monoisotopic (exact) mass is 266 g/mol. The highest BCUT2D eigenvalue weighted by Gasteiger charge is 2.43. The molecule has 0 aromatic rings. The van der Waals surface area contributed by atoms with Gasteiger partial charge in [-0.05, 0) is 12.8 Å². The van der Waals surface area contributed by atoms with Crippen LogP contribution in [-0.4, -0.2) is 49.2 Å². The van der Waals surface area contributed by atoms with E-state index < -0.39 is 0 Å². The Labute approximate surface area is 113 Å². The molecule has 1 aliphatic carbocycles. The van der Waals surface area contributed by atoms with Crippen LogP contribution in [0.1, 0.15) is 32.1 Å². The molecule has 2 aliphatic heterocycles. The summed E-state index contributed by atoms with van der Waals surface area (Å²) in [4.78, 5) is 14.7. The average molecular weight is 266 g/mol. The molecule has 2 fully saturated rings. The zero-order valence-electron chi connectivity index (χ0n) is 11.3. The maximum Gasteiger partial charge on any atom is 0.292 e. The van der Waals surface area contributed by atoms with Crippen molar-refractivity contribution in [2.45, 2.75) is 37.6 Å². The van der Waals surface area contributed by atoms with Gasteiger partial charge in [-0.15, -0.1) is 0 Å². The van der Waals surface area contributed by atoms with Crippen LogP contribution in [0.5, 0.6) is 0 Å². The molecule has 5 heteroatoms. The van der Waals surface area contributed by atoms with E-state index in [0.29, 0.717) is 19.0 Å². The smallest absolute Gasteiger partial charge is 0.292 e. The van der Waals surface area contributed by atoms with Crippen molar-refractivity contribution in [3.63, 3.8) is 0 Å². The van der Waals surface area contributed by atoms with Crippen LogP contribution in [0.2, 0.25) is 0 Å². The van der Waals surface area contributed by atoms with Gasteiger partial charge in [0.1, 0.15) is 19.5 Å². The normalized spacial score (nSPS) is 26.3. The van der Waals surface area contributed by atoms with Crippen molar-refractivity contribution in [1.29, 1.82) is 0 Å². The third kappa shape index (κ3) is 2.43. The number of nitrogens with zero attached hydrogens (tertiary/aromatic N) is 1. The summed E-state index contributed by atoms with van der Waals surface area (Å²) in [5, 5.41) is 3.45. The molecule has 0 atom stereocenters. The molecular weight excluding hydrogens is 244 g/mol. The summed E-state index contributed by atoms with van der Waals surface area (Å²) >= 11 is 0. The molecule has 0 radical (unpaired) electrons. The first-order valence-corrected chi connectivity index (χ1v) is 7.29. The van der Waals surface area contributed by atoms with Gasteiger partial charge in [0.25, 0.3) is 5.91 Å². The Morgan fingerprint density at radius 1 is 1.26 bits per heavy atom. The Bertz CT molecular complexity index is 367. The van der Waals surface area contributed by atoms with E-state index >= 15 is 0 Å². The average Bonchev–Trinajstić information content (AvgIpc) is 2.49. The molecule has 3 rings (SSSR count). The van der Waals surface area contributed by atoms with Gasteiger partial charge in [0.05, 0.1) is 5.54 Å². The second-order valence-electron chi connectivity index (χ2n) is 5.62. The summed E-state index contributed by atoms with van der Waals surface area (Å²) in [5.74, 6) is 0.376. The number of piperazine rings is 1. The minimum atomic E-state index is -0.00473. The molecule has 1 amide bonds. The van der Waals surface area contributed by atoms with Crippen molar-refractivity contribution < 1.29 is 14.3 Å². The van der Waals surface area contributed by atoms with Crippen molar-refractivity contribution >= 4 is 5.91 Å². The highest BCUT2D eigenvalue weighted by atomic mass is 16.6. The van der Waals surface area contributed by atoms with E-state index in [-0.39, 0.29) is 11.4 Å². The van der Waals surface area contributed by atoms with Gasteiger partial charge in [-0.25, -0.2) is 0 Å². The SMILES string of the molecule is O=C(C1=COCCO1)N1CCNCC12CCCCC2. The van der Waals surface area contributed by atoms with E-state index in [1.807, 2.05) is 4.90 Å². The fourth-order valence-corrected chi connectivity index (χ4v) is 3.43. The number of carbonyl (C=O) groups excluding carboxylic acids is 1. The maximum atomic E-state index is 12.7. The van der Waals surface area contributed by atoms with E-state index in [9.17, 15) is 4.79 Å². The Kier molecular flexibility index (Phi) is 3.64. The van der Waals surface area contributed by atoms with Crippen molar-refractivity contribution in [2.24, 2.45) is 0 Å². The molecule has 0 aromatic carbocycles. The lowest BCUT2D eigenvalue weighted by Gasteiger charge is -2.49. The molecule has 0 aromatic heterocycles. The van der Waals surface area contributed by atoms with Gasteiger partial charge < -0.3 is 19.7 Å².